The second-order valence-electron chi connectivity index (χ2n) is 4.60. The van der Waals surface area contributed by atoms with Crippen LogP contribution in [0, 0.1) is 0 Å². The molecule has 0 aliphatic rings. The summed E-state index contributed by atoms with van der Waals surface area (Å²) in [6.45, 7) is 0. The predicted molar refractivity (Wildman–Crippen MR) is 97.6 cm³/mol. The van der Waals surface area contributed by atoms with Gasteiger partial charge in [0.2, 0.25) is 11.0 Å². The Bertz CT molecular complexity index is 789. The predicted octanol–water partition coefficient (Wildman–Crippen LogP) is 4.73. The maximum atomic E-state index is 11.9. The highest BCUT2D eigenvalue weighted by Gasteiger charge is 2.10. The number of thiophene rings is 1. The molecule has 0 spiro atoms. The lowest BCUT2D eigenvalue weighted by molar-refractivity contribution is -0.115. The molecule has 1 N–H and O–H groups in total. The minimum absolute atomic E-state index is 0.0741. The number of nitrogens with one attached hydrogen (secondary N) is 1. The topological polar surface area (TPSA) is 54.9 Å². The summed E-state index contributed by atoms with van der Waals surface area (Å²) in [6, 6.07) is 11.6. The summed E-state index contributed by atoms with van der Waals surface area (Å²) in [5, 5.41) is 14.1. The molecule has 1 aromatic carbocycles. The zero-order chi connectivity index (χ0) is 16.1. The van der Waals surface area contributed by atoms with Gasteiger partial charge in [-0.05, 0) is 29.1 Å². The third kappa shape index (κ3) is 5.04. The van der Waals surface area contributed by atoms with E-state index in [-0.39, 0.29) is 5.91 Å². The fourth-order valence-electron chi connectivity index (χ4n) is 1.83. The number of nitrogens with zero attached hydrogens (tertiary/aromatic N) is 2. The molecule has 8 heteroatoms. The zero-order valence-corrected chi connectivity index (χ0v) is 15.1. The van der Waals surface area contributed by atoms with Crippen LogP contribution in [-0.4, -0.2) is 16.1 Å². The van der Waals surface area contributed by atoms with E-state index in [1.165, 1.54) is 11.3 Å². The molecule has 23 heavy (non-hydrogen) atoms. The number of carbonyl (C=O) groups excluding carboxylic acids is 1. The van der Waals surface area contributed by atoms with E-state index in [1.807, 2.05) is 41.8 Å². The van der Waals surface area contributed by atoms with Gasteiger partial charge in [-0.15, -0.1) is 21.5 Å². The smallest absolute Gasteiger partial charge is 0.231 e. The number of hydrogen-bond donors (Lipinski definition) is 1. The van der Waals surface area contributed by atoms with E-state index in [4.69, 9.17) is 11.6 Å². The van der Waals surface area contributed by atoms with E-state index in [9.17, 15) is 4.79 Å². The molecule has 2 aromatic heterocycles. The van der Waals surface area contributed by atoms with Gasteiger partial charge in [-0.2, -0.15) is 0 Å². The Hall–Kier alpha value is -1.41. The fraction of sp³-hybridized carbons (Fsp3) is 0.133. The van der Waals surface area contributed by atoms with Gasteiger partial charge >= 0.3 is 0 Å². The second kappa shape index (κ2) is 7.92. The van der Waals surface area contributed by atoms with Crippen molar-refractivity contribution in [1.82, 2.24) is 10.2 Å². The molecule has 0 radical (unpaired) electrons. The molecular formula is C15H12ClN3OS3. The van der Waals surface area contributed by atoms with Crippen LogP contribution in [-0.2, 0) is 17.0 Å². The van der Waals surface area contributed by atoms with Gasteiger partial charge in [-0.3, -0.25) is 4.79 Å². The molecule has 0 aliphatic heterocycles. The first-order chi connectivity index (χ1) is 11.2. The zero-order valence-electron chi connectivity index (χ0n) is 11.9. The van der Waals surface area contributed by atoms with Gasteiger partial charge in [-0.1, -0.05) is 52.9 Å². The van der Waals surface area contributed by atoms with Gasteiger partial charge in [0.05, 0.1) is 6.42 Å². The molecule has 1 amide bonds. The average Bonchev–Trinajstić information content (AvgIpc) is 3.17. The van der Waals surface area contributed by atoms with E-state index in [0.717, 1.165) is 25.6 Å². The van der Waals surface area contributed by atoms with Crippen molar-refractivity contribution in [1.29, 1.82) is 0 Å². The molecule has 0 saturated carbocycles. The van der Waals surface area contributed by atoms with E-state index in [0.29, 0.717) is 11.6 Å². The Morgan fingerprint density at radius 2 is 2.17 bits per heavy atom. The van der Waals surface area contributed by atoms with Crippen LogP contribution in [0.25, 0.3) is 0 Å². The third-order valence-electron chi connectivity index (χ3n) is 2.82. The molecule has 3 aromatic rings. The summed E-state index contributed by atoms with van der Waals surface area (Å²) in [7, 11) is 0. The van der Waals surface area contributed by atoms with Gasteiger partial charge < -0.3 is 5.32 Å². The lowest BCUT2D eigenvalue weighted by Crippen LogP contribution is -2.13. The number of benzene rings is 1. The van der Waals surface area contributed by atoms with Gasteiger partial charge in [0.25, 0.3) is 0 Å². The SMILES string of the molecule is O=C(Cc1cccs1)Nc1nnc(SCc2cccc(Cl)c2)s1. The second-order valence-corrected chi connectivity index (χ2v) is 8.26. The average molecular weight is 382 g/mol. The van der Waals surface area contributed by atoms with Crippen molar-refractivity contribution in [2.24, 2.45) is 0 Å². The molecule has 0 saturated heterocycles. The Morgan fingerprint density at radius 3 is 2.96 bits per heavy atom. The Morgan fingerprint density at radius 1 is 1.26 bits per heavy atom. The number of carbonyl (C=O) groups is 1. The van der Waals surface area contributed by atoms with Gasteiger partial charge in [0.15, 0.2) is 4.34 Å². The van der Waals surface area contributed by atoms with Crippen LogP contribution in [0.4, 0.5) is 5.13 Å². The molecule has 0 fully saturated rings. The number of amides is 1. The van der Waals surface area contributed by atoms with E-state index in [1.54, 1.807) is 23.1 Å². The summed E-state index contributed by atoms with van der Waals surface area (Å²) >= 11 is 10.5. The van der Waals surface area contributed by atoms with Crippen LogP contribution in [0.1, 0.15) is 10.4 Å². The maximum absolute atomic E-state index is 11.9. The van der Waals surface area contributed by atoms with Crippen LogP contribution in [0.5, 0.6) is 0 Å². The molecule has 2 heterocycles. The monoisotopic (exact) mass is 381 g/mol. The maximum Gasteiger partial charge on any atom is 0.231 e. The summed E-state index contributed by atoms with van der Waals surface area (Å²) in [6.07, 6.45) is 0.363. The summed E-state index contributed by atoms with van der Waals surface area (Å²) in [5.41, 5.74) is 1.13. The minimum atomic E-state index is -0.0741. The van der Waals surface area contributed by atoms with E-state index < -0.39 is 0 Å². The van der Waals surface area contributed by atoms with Crippen LogP contribution in [0.2, 0.25) is 5.02 Å². The molecule has 0 aliphatic carbocycles. The van der Waals surface area contributed by atoms with E-state index >= 15 is 0 Å². The number of hydrogen-bond acceptors (Lipinski definition) is 6. The van der Waals surface area contributed by atoms with Crippen molar-refractivity contribution in [3.63, 3.8) is 0 Å². The molecular weight excluding hydrogens is 370 g/mol. The summed E-state index contributed by atoms with van der Waals surface area (Å²) in [5.74, 6) is 0.688. The molecule has 0 bridgehead atoms. The van der Waals surface area contributed by atoms with Crippen molar-refractivity contribution in [2.45, 2.75) is 16.5 Å². The van der Waals surface area contributed by atoms with Gasteiger partial charge in [-0.25, -0.2) is 0 Å². The number of thioether (sulfide) groups is 1. The number of rotatable bonds is 6. The van der Waals surface area contributed by atoms with E-state index in [2.05, 4.69) is 15.5 Å². The largest absolute Gasteiger partial charge is 0.300 e. The lowest BCUT2D eigenvalue weighted by atomic mass is 10.2. The van der Waals surface area contributed by atoms with Crippen molar-refractivity contribution < 1.29 is 4.79 Å². The summed E-state index contributed by atoms with van der Waals surface area (Å²) in [4.78, 5) is 12.9. The highest BCUT2D eigenvalue weighted by Crippen LogP contribution is 2.29. The Kier molecular flexibility index (Phi) is 5.66. The van der Waals surface area contributed by atoms with Crippen molar-refractivity contribution in [3.05, 3.63) is 57.2 Å². The quantitative estimate of drug-likeness (QED) is 0.495. The third-order valence-corrected chi connectivity index (χ3v) is 5.97. The molecule has 118 valence electrons. The highest BCUT2D eigenvalue weighted by molar-refractivity contribution is 8.00. The van der Waals surface area contributed by atoms with Crippen LogP contribution in [0.15, 0.2) is 46.1 Å². The Balaban J connectivity index is 1.52. The number of halogens is 1. The first kappa shape index (κ1) is 16.4. The first-order valence-corrected chi connectivity index (χ1v) is 9.78. The summed E-state index contributed by atoms with van der Waals surface area (Å²) < 4.78 is 0.816. The number of anilines is 1. The first-order valence-electron chi connectivity index (χ1n) is 6.72. The normalized spacial score (nSPS) is 10.7. The minimum Gasteiger partial charge on any atom is -0.300 e. The highest BCUT2D eigenvalue weighted by atomic mass is 35.5. The molecule has 3 rings (SSSR count). The standard InChI is InChI=1S/C15H12ClN3OS3/c16-11-4-1-3-10(7-11)9-22-15-19-18-14(23-15)17-13(20)8-12-5-2-6-21-12/h1-7H,8-9H2,(H,17,18,20). The van der Waals surface area contributed by atoms with Gasteiger partial charge in [0.1, 0.15) is 0 Å². The molecule has 0 unspecified atom stereocenters. The van der Waals surface area contributed by atoms with Crippen LogP contribution >= 0.6 is 46.0 Å². The van der Waals surface area contributed by atoms with Crippen LogP contribution < -0.4 is 5.32 Å². The van der Waals surface area contributed by atoms with Gasteiger partial charge in [0, 0.05) is 15.7 Å². The Labute approximate surface area is 150 Å². The molecule has 0 atom stereocenters. The van der Waals surface area contributed by atoms with Crippen molar-refractivity contribution >= 4 is 57.1 Å². The lowest BCUT2D eigenvalue weighted by Gasteiger charge is -1.99. The molecule has 4 nitrogen and oxygen atoms in total. The number of aromatic nitrogens is 2. The van der Waals surface area contributed by atoms with Crippen molar-refractivity contribution in [2.75, 3.05) is 5.32 Å². The fourth-order valence-corrected chi connectivity index (χ4v) is 4.45. The van der Waals surface area contributed by atoms with Crippen molar-refractivity contribution in [3.8, 4) is 0 Å². The van der Waals surface area contributed by atoms with Crippen LogP contribution in [0.3, 0.4) is 0 Å².